The molecule has 2 aromatic rings. The number of sulfonamides is 1. The molecule has 0 radical (unpaired) electrons. The highest BCUT2D eigenvalue weighted by Gasteiger charge is 2.27. The highest BCUT2D eigenvalue weighted by Crippen LogP contribution is 2.27. The van der Waals surface area contributed by atoms with Crippen molar-refractivity contribution in [1.29, 1.82) is 0 Å². The van der Waals surface area contributed by atoms with Gasteiger partial charge in [-0.3, -0.25) is 15.1 Å². The van der Waals surface area contributed by atoms with E-state index in [9.17, 15) is 8.42 Å². The predicted octanol–water partition coefficient (Wildman–Crippen LogP) is 1.31. The summed E-state index contributed by atoms with van der Waals surface area (Å²) < 4.78 is 24.9. The van der Waals surface area contributed by atoms with E-state index in [0.717, 1.165) is 29.9 Å². The molecular formula is C14H19N5O2S. The van der Waals surface area contributed by atoms with Gasteiger partial charge in [-0.15, -0.1) is 0 Å². The number of rotatable bonds is 3. The van der Waals surface area contributed by atoms with Crippen molar-refractivity contribution in [3.63, 3.8) is 0 Å². The minimum atomic E-state index is -3.14. The molecule has 1 aliphatic heterocycles. The van der Waals surface area contributed by atoms with Crippen LogP contribution in [0.15, 0.2) is 18.5 Å². The van der Waals surface area contributed by atoms with E-state index in [1.807, 2.05) is 13.0 Å². The van der Waals surface area contributed by atoms with E-state index in [1.165, 1.54) is 10.6 Å². The second-order valence-electron chi connectivity index (χ2n) is 5.72. The van der Waals surface area contributed by atoms with Crippen molar-refractivity contribution in [3.05, 3.63) is 29.8 Å². The highest BCUT2D eigenvalue weighted by molar-refractivity contribution is 7.88. The Morgan fingerprint density at radius 1 is 1.27 bits per heavy atom. The first-order valence-corrected chi connectivity index (χ1v) is 9.08. The van der Waals surface area contributed by atoms with Gasteiger partial charge < -0.3 is 0 Å². The number of H-pyrrole nitrogens is 1. The fourth-order valence-corrected chi connectivity index (χ4v) is 3.63. The van der Waals surface area contributed by atoms with E-state index < -0.39 is 10.0 Å². The lowest BCUT2D eigenvalue weighted by Gasteiger charge is -2.30. The third kappa shape index (κ3) is 3.17. The lowest BCUT2D eigenvalue weighted by molar-refractivity contribution is 0.314. The Hall–Kier alpha value is -1.80. The molecule has 0 saturated carbocycles. The van der Waals surface area contributed by atoms with Gasteiger partial charge in [0, 0.05) is 30.9 Å². The van der Waals surface area contributed by atoms with Crippen LogP contribution in [0, 0.1) is 6.92 Å². The predicted molar refractivity (Wildman–Crippen MR) is 82.7 cm³/mol. The lowest BCUT2D eigenvalue weighted by atomic mass is 9.96. The fourth-order valence-electron chi connectivity index (χ4n) is 2.72. The summed E-state index contributed by atoms with van der Waals surface area (Å²) >= 11 is 0. The summed E-state index contributed by atoms with van der Waals surface area (Å²) in [6, 6.07) is 1.91. The van der Waals surface area contributed by atoms with Gasteiger partial charge >= 0.3 is 0 Å². The monoisotopic (exact) mass is 321 g/mol. The van der Waals surface area contributed by atoms with Gasteiger partial charge in [-0.25, -0.2) is 12.7 Å². The summed E-state index contributed by atoms with van der Waals surface area (Å²) in [6.07, 6.45) is 6.46. The summed E-state index contributed by atoms with van der Waals surface area (Å²) in [6.45, 7) is 3.00. The van der Waals surface area contributed by atoms with E-state index in [-0.39, 0.29) is 5.92 Å². The molecule has 3 rings (SSSR count). The maximum atomic E-state index is 11.7. The van der Waals surface area contributed by atoms with E-state index in [4.69, 9.17) is 0 Å². The van der Waals surface area contributed by atoms with Gasteiger partial charge in [0.1, 0.15) is 11.4 Å². The first kappa shape index (κ1) is 15.1. The Morgan fingerprint density at radius 3 is 2.68 bits per heavy atom. The number of aromatic nitrogens is 4. The van der Waals surface area contributed by atoms with Crippen molar-refractivity contribution in [1.82, 2.24) is 24.5 Å². The SMILES string of the molecule is Cc1cc(-c2cnc([C@@H]3CCCN(S(C)(=O)=O)C3)cn2)n[nH]1. The normalized spacial score (nSPS) is 20.2. The van der Waals surface area contributed by atoms with Gasteiger partial charge in [0.25, 0.3) is 0 Å². The van der Waals surface area contributed by atoms with Crippen molar-refractivity contribution < 1.29 is 8.42 Å². The summed E-state index contributed by atoms with van der Waals surface area (Å²) in [4.78, 5) is 8.88. The lowest BCUT2D eigenvalue weighted by Crippen LogP contribution is -2.38. The van der Waals surface area contributed by atoms with E-state index >= 15 is 0 Å². The number of nitrogens with zero attached hydrogens (tertiary/aromatic N) is 4. The Labute approximate surface area is 129 Å². The van der Waals surface area contributed by atoms with Crippen LogP contribution in [0.25, 0.3) is 11.4 Å². The summed E-state index contributed by atoms with van der Waals surface area (Å²) in [5.41, 5.74) is 3.28. The van der Waals surface area contributed by atoms with Crippen molar-refractivity contribution in [2.45, 2.75) is 25.7 Å². The van der Waals surface area contributed by atoms with Crippen molar-refractivity contribution in [2.24, 2.45) is 0 Å². The Kier molecular flexibility index (Phi) is 3.96. The third-order valence-electron chi connectivity index (χ3n) is 3.91. The average Bonchev–Trinajstić information content (AvgIpc) is 2.93. The van der Waals surface area contributed by atoms with Crippen LogP contribution in [0.1, 0.15) is 30.1 Å². The van der Waals surface area contributed by atoms with Crippen LogP contribution in [0.3, 0.4) is 0 Å². The first-order valence-electron chi connectivity index (χ1n) is 7.23. The standard InChI is InChI=1S/C14H19N5O2S/c1-10-6-12(18-17-10)14-8-15-13(7-16-14)11-4-3-5-19(9-11)22(2,20)21/h6-8,11H,3-5,9H2,1-2H3,(H,17,18)/t11-/m1/s1. The zero-order valence-electron chi connectivity index (χ0n) is 12.7. The molecule has 0 unspecified atom stereocenters. The Balaban J connectivity index is 1.78. The van der Waals surface area contributed by atoms with Crippen molar-refractivity contribution in [2.75, 3.05) is 19.3 Å². The van der Waals surface area contributed by atoms with Crippen molar-refractivity contribution >= 4 is 10.0 Å². The minimum Gasteiger partial charge on any atom is -0.282 e. The molecule has 22 heavy (non-hydrogen) atoms. The van der Waals surface area contributed by atoms with Crippen LogP contribution in [0.2, 0.25) is 0 Å². The van der Waals surface area contributed by atoms with Crippen LogP contribution >= 0.6 is 0 Å². The fraction of sp³-hybridized carbons (Fsp3) is 0.500. The van der Waals surface area contributed by atoms with Gasteiger partial charge in [-0.05, 0) is 25.8 Å². The molecule has 1 N–H and O–H groups in total. The van der Waals surface area contributed by atoms with E-state index in [2.05, 4.69) is 20.2 Å². The van der Waals surface area contributed by atoms with Crippen LogP contribution in [-0.2, 0) is 10.0 Å². The van der Waals surface area contributed by atoms with Gasteiger partial charge in [-0.2, -0.15) is 5.10 Å². The molecule has 0 aliphatic carbocycles. The molecule has 1 saturated heterocycles. The number of aryl methyl sites for hydroxylation is 1. The largest absolute Gasteiger partial charge is 0.282 e. The molecule has 8 heteroatoms. The maximum absolute atomic E-state index is 11.7. The van der Waals surface area contributed by atoms with Crippen molar-refractivity contribution in [3.8, 4) is 11.4 Å². The molecule has 0 aromatic carbocycles. The first-order chi connectivity index (χ1) is 10.4. The Bertz CT molecular complexity index is 754. The molecule has 2 aromatic heterocycles. The summed E-state index contributed by atoms with van der Waals surface area (Å²) in [7, 11) is -3.14. The van der Waals surface area contributed by atoms with Crippen LogP contribution in [-0.4, -0.2) is 52.2 Å². The smallest absolute Gasteiger partial charge is 0.211 e. The van der Waals surface area contributed by atoms with Gasteiger partial charge in [-0.1, -0.05) is 0 Å². The average molecular weight is 321 g/mol. The number of nitrogens with one attached hydrogen (secondary N) is 1. The number of hydrogen-bond donors (Lipinski definition) is 1. The molecule has 118 valence electrons. The Morgan fingerprint density at radius 2 is 2.09 bits per heavy atom. The van der Waals surface area contributed by atoms with Crippen LogP contribution in [0.5, 0.6) is 0 Å². The second-order valence-corrected chi connectivity index (χ2v) is 7.71. The minimum absolute atomic E-state index is 0.103. The van der Waals surface area contributed by atoms with Gasteiger partial charge in [0.15, 0.2) is 0 Å². The maximum Gasteiger partial charge on any atom is 0.211 e. The summed E-state index contributed by atoms with van der Waals surface area (Å²) in [5, 5.41) is 7.03. The molecule has 1 aliphatic rings. The van der Waals surface area contributed by atoms with E-state index in [0.29, 0.717) is 18.8 Å². The summed E-state index contributed by atoms with van der Waals surface area (Å²) in [5.74, 6) is 0.103. The molecule has 1 fully saturated rings. The third-order valence-corrected chi connectivity index (χ3v) is 5.18. The van der Waals surface area contributed by atoms with Crippen LogP contribution in [0.4, 0.5) is 0 Å². The quantitative estimate of drug-likeness (QED) is 0.920. The molecule has 0 bridgehead atoms. The molecule has 0 spiro atoms. The molecule has 3 heterocycles. The number of hydrogen-bond acceptors (Lipinski definition) is 5. The zero-order chi connectivity index (χ0) is 15.7. The number of aromatic amines is 1. The highest BCUT2D eigenvalue weighted by atomic mass is 32.2. The van der Waals surface area contributed by atoms with Crippen LogP contribution < -0.4 is 0 Å². The molecule has 1 atom stereocenters. The molecular weight excluding hydrogens is 302 g/mol. The van der Waals surface area contributed by atoms with Gasteiger partial charge in [0.2, 0.25) is 10.0 Å². The second kappa shape index (κ2) is 5.77. The topological polar surface area (TPSA) is 91.8 Å². The number of piperidine rings is 1. The zero-order valence-corrected chi connectivity index (χ0v) is 13.5. The molecule has 0 amide bonds. The van der Waals surface area contributed by atoms with E-state index in [1.54, 1.807) is 12.4 Å². The molecule has 7 nitrogen and oxygen atoms in total. The van der Waals surface area contributed by atoms with Gasteiger partial charge in [0.05, 0.1) is 18.1 Å².